The summed E-state index contributed by atoms with van der Waals surface area (Å²) in [5, 5.41) is 2.52. The summed E-state index contributed by atoms with van der Waals surface area (Å²) < 4.78 is 33.1. The maximum absolute atomic E-state index is 14.2. The molecule has 1 N–H and O–H groups in total. The minimum Gasteiger partial charge on any atom is -0.487 e. The van der Waals surface area contributed by atoms with Crippen LogP contribution in [0, 0.1) is 18.6 Å². The van der Waals surface area contributed by atoms with E-state index in [1.54, 1.807) is 25.1 Å². The molecule has 0 saturated carbocycles. The fraction of sp³-hybridized carbons (Fsp3) is 0.190. The summed E-state index contributed by atoms with van der Waals surface area (Å²) in [6, 6.07) is 6.08. The molecular formula is C21H17F2N5O3. The molecule has 2 aromatic heterocycles. The van der Waals surface area contributed by atoms with Crippen LogP contribution in [-0.4, -0.2) is 46.5 Å². The molecule has 1 atom stereocenters. The normalized spacial score (nSPS) is 15.7. The Bertz CT molecular complexity index is 1190. The molecule has 3 heterocycles. The smallest absolute Gasteiger partial charge is 0.289 e. The number of anilines is 1. The lowest BCUT2D eigenvalue weighted by atomic mass is 10.1. The quantitative estimate of drug-likeness (QED) is 0.692. The van der Waals surface area contributed by atoms with E-state index in [4.69, 9.17) is 4.74 Å². The number of halogens is 2. The highest BCUT2D eigenvalue weighted by atomic mass is 19.1. The van der Waals surface area contributed by atoms with Crippen molar-refractivity contribution in [3.05, 3.63) is 65.7 Å². The van der Waals surface area contributed by atoms with Crippen molar-refractivity contribution in [2.45, 2.75) is 13.0 Å². The number of ether oxygens (including phenoxy) is 1. The highest BCUT2D eigenvalue weighted by Crippen LogP contribution is 2.29. The van der Waals surface area contributed by atoms with Gasteiger partial charge in [-0.05, 0) is 24.6 Å². The van der Waals surface area contributed by atoms with Crippen LogP contribution in [-0.2, 0) is 4.79 Å². The number of carbonyl (C=O) groups is 2. The standard InChI is InChI=1S/C21H17F2N5O3/c1-11-8-24-18(27-17(11)13-5-3-4-6-14(13)23)20(29)26-15-10-31-16-7-12(22)9-25-19(16)28(2)21(15)30/h3-9,15H,10H2,1-2H3,(H,26,29)/t15-/m0/s1. The largest absolute Gasteiger partial charge is 0.487 e. The van der Waals surface area contributed by atoms with Gasteiger partial charge in [0.15, 0.2) is 11.6 Å². The number of rotatable bonds is 3. The lowest BCUT2D eigenvalue weighted by molar-refractivity contribution is -0.120. The Labute approximate surface area is 175 Å². The minimum atomic E-state index is -1.09. The number of nitrogens with one attached hydrogen (secondary N) is 1. The lowest BCUT2D eigenvalue weighted by Crippen LogP contribution is -2.49. The number of aromatic nitrogens is 3. The van der Waals surface area contributed by atoms with E-state index >= 15 is 0 Å². The monoisotopic (exact) mass is 425 g/mol. The van der Waals surface area contributed by atoms with Gasteiger partial charge in [0.05, 0.1) is 11.9 Å². The Balaban J connectivity index is 1.58. The molecule has 0 spiro atoms. The van der Waals surface area contributed by atoms with Crippen molar-refractivity contribution in [2.24, 2.45) is 0 Å². The van der Waals surface area contributed by atoms with E-state index in [-0.39, 0.29) is 35.3 Å². The van der Waals surface area contributed by atoms with Crippen LogP contribution in [0.4, 0.5) is 14.6 Å². The molecule has 3 aromatic rings. The highest BCUT2D eigenvalue weighted by Gasteiger charge is 2.32. The van der Waals surface area contributed by atoms with E-state index in [2.05, 4.69) is 20.3 Å². The third-order valence-electron chi connectivity index (χ3n) is 4.76. The van der Waals surface area contributed by atoms with Gasteiger partial charge in [0.1, 0.15) is 24.3 Å². The first-order valence-electron chi connectivity index (χ1n) is 9.30. The number of fused-ring (bicyclic) bond motifs is 1. The third-order valence-corrected chi connectivity index (χ3v) is 4.76. The predicted octanol–water partition coefficient (Wildman–Crippen LogP) is 2.28. The first-order chi connectivity index (χ1) is 14.8. The zero-order valence-corrected chi connectivity index (χ0v) is 16.6. The summed E-state index contributed by atoms with van der Waals surface area (Å²) in [5.74, 6) is -2.36. The molecule has 1 aromatic carbocycles. The number of carbonyl (C=O) groups excluding carboxylic acids is 2. The number of likely N-dealkylation sites (N-methyl/N-ethyl adjacent to an activating group) is 1. The maximum Gasteiger partial charge on any atom is 0.289 e. The Morgan fingerprint density at radius 3 is 2.77 bits per heavy atom. The molecule has 4 rings (SSSR count). The van der Waals surface area contributed by atoms with Crippen molar-refractivity contribution < 1.29 is 23.1 Å². The van der Waals surface area contributed by atoms with Gasteiger partial charge in [0.25, 0.3) is 11.8 Å². The van der Waals surface area contributed by atoms with Crippen LogP contribution in [0.5, 0.6) is 5.75 Å². The predicted molar refractivity (Wildman–Crippen MR) is 107 cm³/mol. The van der Waals surface area contributed by atoms with Crippen LogP contribution in [0.3, 0.4) is 0 Å². The van der Waals surface area contributed by atoms with Gasteiger partial charge in [-0.15, -0.1) is 0 Å². The van der Waals surface area contributed by atoms with Crippen LogP contribution < -0.4 is 15.0 Å². The fourth-order valence-electron chi connectivity index (χ4n) is 3.16. The zero-order valence-electron chi connectivity index (χ0n) is 16.6. The second-order valence-corrected chi connectivity index (χ2v) is 6.91. The molecule has 10 heteroatoms. The van der Waals surface area contributed by atoms with Gasteiger partial charge in [-0.3, -0.25) is 14.5 Å². The first-order valence-corrected chi connectivity index (χ1v) is 9.30. The molecule has 31 heavy (non-hydrogen) atoms. The number of benzene rings is 1. The summed E-state index contributed by atoms with van der Waals surface area (Å²) in [6.45, 7) is 1.46. The molecule has 0 fully saturated rings. The topological polar surface area (TPSA) is 97.3 Å². The van der Waals surface area contributed by atoms with E-state index in [0.29, 0.717) is 5.56 Å². The van der Waals surface area contributed by atoms with E-state index in [1.165, 1.54) is 24.2 Å². The maximum atomic E-state index is 14.2. The number of hydrogen-bond acceptors (Lipinski definition) is 6. The second kappa shape index (κ2) is 8.05. The molecule has 0 saturated heterocycles. The van der Waals surface area contributed by atoms with Crippen molar-refractivity contribution in [3.8, 4) is 17.0 Å². The summed E-state index contributed by atoms with van der Waals surface area (Å²) in [6.07, 6.45) is 2.37. The summed E-state index contributed by atoms with van der Waals surface area (Å²) in [7, 11) is 1.44. The molecule has 158 valence electrons. The van der Waals surface area contributed by atoms with E-state index in [1.807, 2.05) is 0 Å². The van der Waals surface area contributed by atoms with Crippen LogP contribution >= 0.6 is 0 Å². The van der Waals surface area contributed by atoms with Gasteiger partial charge in [-0.1, -0.05) is 12.1 Å². The SMILES string of the molecule is Cc1cnc(C(=O)N[C@H]2COc3cc(F)cnc3N(C)C2=O)nc1-c1ccccc1F. The van der Waals surface area contributed by atoms with Gasteiger partial charge < -0.3 is 10.1 Å². The molecule has 0 radical (unpaired) electrons. The van der Waals surface area contributed by atoms with Gasteiger partial charge in [0, 0.05) is 24.9 Å². The molecule has 0 aliphatic carbocycles. The van der Waals surface area contributed by atoms with Gasteiger partial charge in [-0.25, -0.2) is 23.7 Å². The summed E-state index contributed by atoms with van der Waals surface area (Å²) in [4.78, 5) is 38.8. The third kappa shape index (κ3) is 3.91. The summed E-state index contributed by atoms with van der Waals surface area (Å²) >= 11 is 0. The van der Waals surface area contributed by atoms with Gasteiger partial charge in [-0.2, -0.15) is 0 Å². The lowest BCUT2D eigenvalue weighted by Gasteiger charge is -2.19. The molecule has 1 aliphatic heterocycles. The van der Waals surface area contributed by atoms with Crippen molar-refractivity contribution in [1.29, 1.82) is 0 Å². The second-order valence-electron chi connectivity index (χ2n) is 6.91. The van der Waals surface area contributed by atoms with Crippen LogP contribution in [0.15, 0.2) is 42.7 Å². The van der Waals surface area contributed by atoms with E-state index in [9.17, 15) is 18.4 Å². The van der Waals surface area contributed by atoms with E-state index in [0.717, 1.165) is 12.3 Å². The minimum absolute atomic E-state index is 0.0843. The first kappa shape index (κ1) is 20.3. The molecule has 2 amide bonds. The van der Waals surface area contributed by atoms with Crippen LogP contribution in [0.2, 0.25) is 0 Å². The van der Waals surface area contributed by atoms with Crippen molar-refractivity contribution in [1.82, 2.24) is 20.3 Å². The molecular weight excluding hydrogens is 408 g/mol. The highest BCUT2D eigenvalue weighted by molar-refractivity contribution is 6.01. The Morgan fingerprint density at radius 2 is 2.00 bits per heavy atom. The Kier molecular flexibility index (Phi) is 5.28. The average Bonchev–Trinajstić information content (AvgIpc) is 2.86. The van der Waals surface area contributed by atoms with Crippen LogP contribution in [0.1, 0.15) is 16.2 Å². The number of pyridine rings is 1. The average molecular weight is 425 g/mol. The number of aryl methyl sites for hydroxylation is 1. The Hall–Kier alpha value is -3.95. The molecule has 0 unspecified atom stereocenters. The van der Waals surface area contributed by atoms with E-state index < -0.39 is 29.5 Å². The summed E-state index contributed by atoms with van der Waals surface area (Å²) in [5.41, 5.74) is 1.08. The van der Waals surface area contributed by atoms with Gasteiger partial charge >= 0.3 is 0 Å². The number of amides is 2. The molecule has 8 nitrogen and oxygen atoms in total. The van der Waals surface area contributed by atoms with Crippen molar-refractivity contribution >= 4 is 17.6 Å². The van der Waals surface area contributed by atoms with Crippen LogP contribution in [0.25, 0.3) is 11.3 Å². The number of nitrogens with zero attached hydrogens (tertiary/aromatic N) is 4. The van der Waals surface area contributed by atoms with Crippen molar-refractivity contribution in [3.63, 3.8) is 0 Å². The number of hydrogen-bond donors (Lipinski definition) is 1. The van der Waals surface area contributed by atoms with Crippen molar-refractivity contribution in [2.75, 3.05) is 18.6 Å². The Morgan fingerprint density at radius 1 is 1.23 bits per heavy atom. The fourth-order valence-corrected chi connectivity index (χ4v) is 3.16. The molecule has 1 aliphatic rings. The van der Waals surface area contributed by atoms with Gasteiger partial charge in [0.2, 0.25) is 5.82 Å². The zero-order chi connectivity index (χ0) is 22.1. The molecule has 0 bridgehead atoms.